The van der Waals surface area contributed by atoms with Crippen molar-refractivity contribution < 1.29 is 14.3 Å². The van der Waals surface area contributed by atoms with Crippen LogP contribution in [0.5, 0.6) is 5.75 Å². The molecule has 0 saturated carbocycles. The number of carbonyl (C=O) groups is 2. The predicted octanol–water partition coefficient (Wildman–Crippen LogP) is 5.48. The fourth-order valence-electron chi connectivity index (χ4n) is 3.32. The van der Waals surface area contributed by atoms with Crippen LogP contribution in [0, 0.1) is 0 Å². The number of carbonyl (C=O) groups excluding carboxylic acids is 2. The highest BCUT2D eigenvalue weighted by Crippen LogP contribution is 2.20. The molecular weight excluding hydrogens is 446 g/mol. The Morgan fingerprint density at radius 2 is 1.53 bits per heavy atom. The van der Waals surface area contributed by atoms with Crippen LogP contribution < -0.4 is 20.7 Å². The molecule has 0 bridgehead atoms. The van der Waals surface area contributed by atoms with Crippen LogP contribution in [0.15, 0.2) is 78.9 Å². The Balaban J connectivity index is 1.66. The molecule has 0 saturated heterocycles. The molecule has 0 aliphatic carbocycles. The summed E-state index contributed by atoms with van der Waals surface area (Å²) in [4.78, 5) is 25.8. The second-order valence-electron chi connectivity index (χ2n) is 7.76. The molecule has 0 aliphatic heterocycles. The first-order valence-corrected chi connectivity index (χ1v) is 11.7. The average Bonchev–Trinajstić information content (AvgIpc) is 2.85. The number of rotatable bonds is 9. The standard InChI is InChI=1S/C27H29N3O3S/c1-3-4-18-33-24-17-11-9-15-22(24)26(32)30-27(34)29-23-16-10-8-14-21(23)25(31)28-19(2)20-12-6-5-7-13-20/h5-17,19H,3-4,18H2,1-2H3,(H,28,31)(H2,29,30,32,34). The second-order valence-corrected chi connectivity index (χ2v) is 8.17. The van der Waals surface area contributed by atoms with E-state index in [1.54, 1.807) is 42.5 Å². The zero-order chi connectivity index (χ0) is 24.3. The normalized spacial score (nSPS) is 11.2. The zero-order valence-corrected chi connectivity index (χ0v) is 20.2. The van der Waals surface area contributed by atoms with Crippen molar-refractivity contribution in [1.29, 1.82) is 0 Å². The van der Waals surface area contributed by atoms with Gasteiger partial charge < -0.3 is 15.4 Å². The number of hydrogen-bond acceptors (Lipinski definition) is 4. The maximum absolute atomic E-state index is 12.9. The van der Waals surface area contributed by atoms with Gasteiger partial charge in [-0.1, -0.05) is 67.9 Å². The molecule has 3 aromatic carbocycles. The van der Waals surface area contributed by atoms with Crippen LogP contribution in [-0.2, 0) is 0 Å². The molecule has 0 aliphatic rings. The molecule has 0 aromatic heterocycles. The van der Waals surface area contributed by atoms with Gasteiger partial charge in [0.05, 0.1) is 29.5 Å². The molecule has 0 fully saturated rings. The smallest absolute Gasteiger partial charge is 0.261 e. The van der Waals surface area contributed by atoms with Crippen molar-refractivity contribution in [2.24, 2.45) is 0 Å². The summed E-state index contributed by atoms with van der Waals surface area (Å²) in [5.74, 6) is -0.126. The molecular formula is C27H29N3O3S. The van der Waals surface area contributed by atoms with Gasteiger partial charge in [0.2, 0.25) is 0 Å². The Kier molecular flexibility index (Phi) is 9.17. The number of nitrogens with one attached hydrogen (secondary N) is 3. The van der Waals surface area contributed by atoms with E-state index in [1.807, 2.05) is 43.3 Å². The summed E-state index contributed by atoms with van der Waals surface area (Å²) in [7, 11) is 0. The lowest BCUT2D eigenvalue weighted by Crippen LogP contribution is -2.35. The third-order valence-electron chi connectivity index (χ3n) is 5.18. The summed E-state index contributed by atoms with van der Waals surface area (Å²) < 4.78 is 5.75. The summed E-state index contributed by atoms with van der Waals surface area (Å²) in [6.07, 6.45) is 1.90. The highest BCUT2D eigenvalue weighted by Gasteiger charge is 2.17. The molecule has 3 N–H and O–H groups in total. The number of unbranched alkanes of at least 4 members (excludes halogenated alkanes) is 1. The Labute approximate surface area is 205 Å². The summed E-state index contributed by atoms with van der Waals surface area (Å²) in [5, 5.41) is 8.74. The van der Waals surface area contributed by atoms with Crippen molar-refractivity contribution in [1.82, 2.24) is 10.6 Å². The van der Waals surface area contributed by atoms with E-state index in [9.17, 15) is 9.59 Å². The number of ether oxygens (including phenoxy) is 1. The van der Waals surface area contributed by atoms with Gasteiger partial charge in [-0.3, -0.25) is 14.9 Å². The van der Waals surface area contributed by atoms with Gasteiger partial charge in [-0.05, 0) is 55.4 Å². The van der Waals surface area contributed by atoms with Gasteiger partial charge in [0.15, 0.2) is 5.11 Å². The fraction of sp³-hybridized carbons (Fsp3) is 0.222. The summed E-state index contributed by atoms with van der Waals surface area (Å²) in [6.45, 7) is 4.54. The van der Waals surface area contributed by atoms with Gasteiger partial charge >= 0.3 is 0 Å². The quantitative estimate of drug-likeness (QED) is 0.282. The monoisotopic (exact) mass is 475 g/mol. The highest BCUT2D eigenvalue weighted by atomic mass is 32.1. The van der Waals surface area contributed by atoms with Crippen molar-refractivity contribution in [3.05, 3.63) is 95.6 Å². The van der Waals surface area contributed by atoms with Gasteiger partial charge in [-0.25, -0.2) is 0 Å². The van der Waals surface area contributed by atoms with E-state index < -0.39 is 0 Å². The van der Waals surface area contributed by atoms with E-state index in [4.69, 9.17) is 17.0 Å². The minimum absolute atomic E-state index is 0.0877. The number of anilines is 1. The Morgan fingerprint density at radius 1 is 0.882 bits per heavy atom. The topological polar surface area (TPSA) is 79.5 Å². The van der Waals surface area contributed by atoms with Gasteiger partial charge in [-0.15, -0.1) is 0 Å². The van der Waals surface area contributed by atoms with Crippen LogP contribution in [0.4, 0.5) is 5.69 Å². The summed E-state index contributed by atoms with van der Waals surface area (Å²) in [5.41, 5.74) is 2.32. The molecule has 3 rings (SSSR count). The fourth-order valence-corrected chi connectivity index (χ4v) is 3.52. The van der Waals surface area contributed by atoms with Gasteiger partial charge in [0.1, 0.15) is 5.75 Å². The van der Waals surface area contributed by atoms with E-state index in [-0.39, 0.29) is 23.0 Å². The van der Waals surface area contributed by atoms with Crippen molar-refractivity contribution in [3.8, 4) is 5.75 Å². The van der Waals surface area contributed by atoms with E-state index in [0.29, 0.717) is 29.2 Å². The van der Waals surface area contributed by atoms with E-state index >= 15 is 0 Å². The van der Waals surface area contributed by atoms with Crippen LogP contribution in [0.25, 0.3) is 0 Å². The van der Waals surface area contributed by atoms with Crippen molar-refractivity contribution in [3.63, 3.8) is 0 Å². The number of para-hydroxylation sites is 2. The number of hydrogen-bond donors (Lipinski definition) is 3. The van der Waals surface area contributed by atoms with Crippen molar-refractivity contribution in [2.75, 3.05) is 11.9 Å². The summed E-state index contributed by atoms with van der Waals surface area (Å²) >= 11 is 5.36. The molecule has 1 unspecified atom stereocenters. The van der Waals surface area contributed by atoms with Crippen LogP contribution in [0.1, 0.15) is 59.0 Å². The first kappa shape index (κ1) is 24.9. The van der Waals surface area contributed by atoms with E-state index in [1.165, 1.54) is 0 Å². The molecule has 3 aromatic rings. The highest BCUT2D eigenvalue weighted by molar-refractivity contribution is 7.80. The van der Waals surface area contributed by atoms with Gasteiger partial charge in [-0.2, -0.15) is 0 Å². The minimum atomic E-state index is -0.385. The first-order chi connectivity index (χ1) is 16.5. The maximum atomic E-state index is 12.9. The Hall–Kier alpha value is -3.71. The van der Waals surface area contributed by atoms with Gasteiger partial charge in [0.25, 0.3) is 11.8 Å². The van der Waals surface area contributed by atoms with E-state index in [0.717, 1.165) is 18.4 Å². The Bertz CT molecular complexity index is 1130. The molecule has 0 spiro atoms. The zero-order valence-electron chi connectivity index (χ0n) is 19.3. The lowest BCUT2D eigenvalue weighted by atomic mass is 10.1. The lowest BCUT2D eigenvalue weighted by Gasteiger charge is -2.17. The Morgan fingerprint density at radius 3 is 2.26 bits per heavy atom. The van der Waals surface area contributed by atoms with Gasteiger partial charge in [0, 0.05) is 0 Å². The average molecular weight is 476 g/mol. The number of thiocarbonyl (C=S) groups is 1. The first-order valence-electron chi connectivity index (χ1n) is 11.3. The van der Waals surface area contributed by atoms with Crippen LogP contribution >= 0.6 is 12.2 Å². The van der Waals surface area contributed by atoms with Crippen molar-refractivity contribution >= 4 is 34.8 Å². The third kappa shape index (κ3) is 6.89. The minimum Gasteiger partial charge on any atom is -0.493 e. The largest absolute Gasteiger partial charge is 0.493 e. The SMILES string of the molecule is CCCCOc1ccccc1C(=O)NC(=S)Nc1ccccc1C(=O)NC(C)c1ccccc1. The van der Waals surface area contributed by atoms with E-state index in [2.05, 4.69) is 22.9 Å². The number of benzene rings is 3. The second kappa shape index (κ2) is 12.5. The molecule has 2 amide bonds. The van der Waals surface area contributed by atoms with Crippen LogP contribution in [0.2, 0.25) is 0 Å². The number of amides is 2. The maximum Gasteiger partial charge on any atom is 0.261 e. The molecule has 176 valence electrons. The molecule has 1 atom stereocenters. The third-order valence-corrected chi connectivity index (χ3v) is 5.39. The molecule has 0 heterocycles. The molecule has 34 heavy (non-hydrogen) atoms. The lowest BCUT2D eigenvalue weighted by molar-refractivity contribution is 0.0939. The molecule has 0 radical (unpaired) electrons. The molecule has 6 nitrogen and oxygen atoms in total. The molecule has 7 heteroatoms. The van der Waals surface area contributed by atoms with Crippen molar-refractivity contribution in [2.45, 2.75) is 32.7 Å². The predicted molar refractivity (Wildman–Crippen MR) is 139 cm³/mol. The van der Waals surface area contributed by atoms with Crippen LogP contribution in [-0.4, -0.2) is 23.5 Å². The van der Waals surface area contributed by atoms with Crippen LogP contribution in [0.3, 0.4) is 0 Å². The summed E-state index contributed by atoms with van der Waals surface area (Å²) in [6, 6.07) is 23.6.